The third kappa shape index (κ3) is 6.30. The number of nitrogens with zero attached hydrogens (tertiary/aromatic N) is 3. The van der Waals surface area contributed by atoms with Gasteiger partial charge in [0.05, 0.1) is 0 Å². The SMILES string of the molecule is CC(C)ON=C(C(=O)NC1C(=O)N2C(C(=O)O)=C(CCl)CS[C@@H]12)c1csc(NC(c2ccccc2)(c2ccccc2)c2ccccc2)n1. The van der Waals surface area contributed by atoms with Gasteiger partial charge < -0.3 is 20.6 Å². The van der Waals surface area contributed by atoms with Crippen molar-refractivity contribution in [3.05, 3.63) is 130 Å². The molecule has 1 saturated heterocycles. The molecule has 48 heavy (non-hydrogen) atoms. The summed E-state index contributed by atoms with van der Waals surface area (Å²) in [7, 11) is 0. The summed E-state index contributed by atoms with van der Waals surface area (Å²) in [6, 6.07) is 29.2. The Morgan fingerprint density at radius 3 is 2.08 bits per heavy atom. The van der Waals surface area contributed by atoms with Gasteiger partial charge in [-0.15, -0.1) is 34.7 Å². The molecule has 3 N–H and O–H groups in total. The summed E-state index contributed by atoms with van der Waals surface area (Å²) in [6.45, 7) is 3.56. The molecule has 0 saturated carbocycles. The minimum Gasteiger partial charge on any atom is -0.477 e. The van der Waals surface area contributed by atoms with E-state index in [4.69, 9.17) is 21.4 Å². The summed E-state index contributed by atoms with van der Waals surface area (Å²) in [6.07, 6.45) is -0.335. The van der Waals surface area contributed by atoms with Crippen molar-refractivity contribution < 1.29 is 24.3 Å². The molecule has 246 valence electrons. The van der Waals surface area contributed by atoms with Gasteiger partial charge in [-0.3, -0.25) is 14.5 Å². The molecule has 6 rings (SSSR count). The van der Waals surface area contributed by atoms with Crippen molar-refractivity contribution >= 4 is 63.3 Å². The first-order valence-electron chi connectivity index (χ1n) is 15.2. The highest BCUT2D eigenvalue weighted by Crippen LogP contribution is 2.42. The molecule has 0 spiro atoms. The zero-order chi connectivity index (χ0) is 33.8. The van der Waals surface area contributed by atoms with Crippen LogP contribution in [0.5, 0.6) is 0 Å². The van der Waals surface area contributed by atoms with Crippen molar-refractivity contribution in [3.8, 4) is 0 Å². The van der Waals surface area contributed by atoms with Crippen LogP contribution in [0.25, 0.3) is 0 Å². The molecule has 1 unspecified atom stereocenters. The lowest BCUT2D eigenvalue weighted by Gasteiger charge is -2.49. The normalized spacial score (nSPS) is 17.9. The minimum absolute atomic E-state index is 0.00813. The van der Waals surface area contributed by atoms with Crippen LogP contribution in [-0.2, 0) is 24.8 Å². The van der Waals surface area contributed by atoms with Crippen molar-refractivity contribution in [2.24, 2.45) is 5.16 Å². The van der Waals surface area contributed by atoms with Gasteiger partial charge in [0.1, 0.15) is 34.4 Å². The van der Waals surface area contributed by atoms with E-state index in [-0.39, 0.29) is 29.1 Å². The number of β-lactam (4-membered cyclic amide) rings is 1. The van der Waals surface area contributed by atoms with Crippen molar-refractivity contribution in [2.45, 2.75) is 36.9 Å². The number of alkyl halides is 1. The number of carbonyl (C=O) groups excluding carboxylic acids is 2. The van der Waals surface area contributed by atoms with Gasteiger partial charge in [0.15, 0.2) is 10.8 Å². The number of anilines is 1. The molecule has 2 aliphatic rings. The van der Waals surface area contributed by atoms with Crippen LogP contribution in [0, 0.1) is 0 Å². The van der Waals surface area contributed by atoms with Gasteiger partial charge in [-0.1, -0.05) is 96.2 Å². The van der Waals surface area contributed by atoms with Crippen LogP contribution in [0.1, 0.15) is 36.2 Å². The topological polar surface area (TPSA) is 133 Å². The number of thioether (sulfide) groups is 1. The molecule has 1 aromatic heterocycles. The lowest BCUT2D eigenvalue weighted by Crippen LogP contribution is -2.71. The number of thiazole rings is 1. The first-order chi connectivity index (χ1) is 23.2. The van der Waals surface area contributed by atoms with Gasteiger partial charge in [0, 0.05) is 17.0 Å². The number of carbonyl (C=O) groups is 3. The number of oxime groups is 1. The monoisotopic (exact) mass is 701 g/mol. The second-order valence-electron chi connectivity index (χ2n) is 11.4. The van der Waals surface area contributed by atoms with Crippen LogP contribution in [0.15, 0.2) is 113 Å². The highest BCUT2D eigenvalue weighted by molar-refractivity contribution is 8.00. The van der Waals surface area contributed by atoms with Crippen LogP contribution in [0.4, 0.5) is 5.13 Å². The molecular weight excluding hydrogens is 670 g/mol. The fourth-order valence-electron chi connectivity index (χ4n) is 5.74. The highest BCUT2D eigenvalue weighted by atomic mass is 35.5. The number of carboxylic acid groups (broad SMARTS) is 1. The van der Waals surface area contributed by atoms with E-state index in [1.165, 1.54) is 28.0 Å². The number of aromatic nitrogens is 1. The minimum atomic E-state index is -1.23. The maximum Gasteiger partial charge on any atom is 0.352 e. The summed E-state index contributed by atoms with van der Waals surface area (Å²) >= 11 is 8.60. The summed E-state index contributed by atoms with van der Waals surface area (Å²) in [5.41, 5.74) is 2.58. The number of benzene rings is 3. The molecule has 1 fully saturated rings. The van der Waals surface area contributed by atoms with E-state index in [9.17, 15) is 19.5 Å². The molecule has 3 heterocycles. The van der Waals surface area contributed by atoms with E-state index in [0.717, 1.165) is 16.7 Å². The summed E-state index contributed by atoms with van der Waals surface area (Å²) in [5, 5.41) is 22.0. The predicted octanol–water partition coefficient (Wildman–Crippen LogP) is 5.65. The number of fused-ring (bicyclic) bond motifs is 1. The predicted molar refractivity (Wildman–Crippen MR) is 188 cm³/mol. The fourth-order valence-corrected chi connectivity index (χ4v) is 8.17. The van der Waals surface area contributed by atoms with Gasteiger partial charge in [-0.2, -0.15) is 0 Å². The lowest BCUT2D eigenvalue weighted by molar-refractivity contribution is -0.150. The zero-order valence-electron chi connectivity index (χ0n) is 26.0. The lowest BCUT2D eigenvalue weighted by atomic mass is 9.77. The molecule has 2 aliphatic heterocycles. The van der Waals surface area contributed by atoms with E-state index < -0.39 is 34.7 Å². The van der Waals surface area contributed by atoms with Crippen molar-refractivity contribution in [2.75, 3.05) is 16.9 Å². The molecular formula is C35H32ClN5O5S2. The molecule has 0 bridgehead atoms. The third-order valence-corrected chi connectivity index (χ3v) is 10.3. The van der Waals surface area contributed by atoms with Gasteiger partial charge in [0.2, 0.25) is 0 Å². The van der Waals surface area contributed by atoms with E-state index >= 15 is 0 Å². The second-order valence-corrected chi connectivity index (χ2v) is 13.6. The molecule has 3 aromatic carbocycles. The van der Waals surface area contributed by atoms with Crippen molar-refractivity contribution in [3.63, 3.8) is 0 Å². The summed E-state index contributed by atoms with van der Waals surface area (Å²) in [5.74, 6) is -2.12. The van der Waals surface area contributed by atoms with Crippen molar-refractivity contribution in [1.82, 2.24) is 15.2 Å². The molecule has 13 heteroatoms. The van der Waals surface area contributed by atoms with E-state index in [2.05, 4.69) is 52.2 Å². The van der Waals surface area contributed by atoms with Crippen LogP contribution >= 0.6 is 34.7 Å². The molecule has 2 atom stereocenters. The Hall–Kier alpha value is -4.65. The molecule has 4 aromatic rings. The average molecular weight is 702 g/mol. The van der Waals surface area contributed by atoms with Gasteiger partial charge >= 0.3 is 5.97 Å². The Balaban J connectivity index is 1.33. The van der Waals surface area contributed by atoms with E-state index in [1.54, 1.807) is 19.2 Å². The van der Waals surface area contributed by atoms with Gasteiger partial charge in [-0.05, 0) is 36.1 Å². The van der Waals surface area contributed by atoms with Crippen LogP contribution in [-0.4, -0.2) is 67.6 Å². The number of nitrogens with one attached hydrogen (secondary N) is 2. The van der Waals surface area contributed by atoms with Crippen LogP contribution in [0.3, 0.4) is 0 Å². The van der Waals surface area contributed by atoms with Gasteiger partial charge in [-0.25, -0.2) is 9.78 Å². The Morgan fingerprint density at radius 2 is 1.58 bits per heavy atom. The highest BCUT2D eigenvalue weighted by Gasteiger charge is 2.54. The number of carboxylic acids is 1. The Kier molecular flexibility index (Phi) is 9.86. The molecule has 10 nitrogen and oxygen atoms in total. The maximum atomic E-state index is 13.8. The number of hydrogen-bond acceptors (Lipinski definition) is 9. The van der Waals surface area contributed by atoms with Crippen molar-refractivity contribution in [1.29, 1.82) is 0 Å². The van der Waals surface area contributed by atoms with Crippen LogP contribution < -0.4 is 10.6 Å². The maximum absolute atomic E-state index is 13.8. The number of rotatable bonds is 12. The molecule has 2 amide bonds. The number of hydrogen-bond donors (Lipinski definition) is 3. The summed E-state index contributed by atoms with van der Waals surface area (Å²) < 4.78 is 0. The largest absolute Gasteiger partial charge is 0.477 e. The van der Waals surface area contributed by atoms with Crippen LogP contribution in [0.2, 0.25) is 0 Å². The quantitative estimate of drug-likeness (QED) is 0.0568. The zero-order valence-corrected chi connectivity index (χ0v) is 28.4. The molecule has 0 radical (unpaired) electrons. The Bertz CT molecular complexity index is 1770. The number of amides is 2. The fraction of sp³-hybridized carbons (Fsp3) is 0.229. The van der Waals surface area contributed by atoms with E-state index in [0.29, 0.717) is 16.5 Å². The first-order valence-corrected chi connectivity index (χ1v) is 17.6. The second kappa shape index (κ2) is 14.2. The Morgan fingerprint density at radius 1 is 1.02 bits per heavy atom. The average Bonchev–Trinajstić information content (AvgIpc) is 3.57. The smallest absolute Gasteiger partial charge is 0.352 e. The first kappa shape index (κ1) is 33.3. The number of halogens is 1. The third-order valence-electron chi connectivity index (χ3n) is 7.93. The summed E-state index contributed by atoms with van der Waals surface area (Å²) in [4.78, 5) is 50.4. The standard InChI is InChI=1S/C35H32ClN5O5S2/c1-21(2)46-40-27(30(42)38-28-31(43)41-29(33(44)45)22(18-36)19-47-32(28)41)26-20-48-34(37-26)39-35(23-12-6-3-7-13-23,24-14-8-4-9-15-24)25-16-10-5-11-17-25/h3-17,20-21,28,32H,18-19H2,1-2H3,(H,37,39)(H,38,42)(H,44,45)/t28?,32-/m0/s1. The molecule has 0 aliphatic carbocycles. The van der Waals surface area contributed by atoms with Gasteiger partial charge in [0.25, 0.3) is 11.8 Å². The van der Waals surface area contributed by atoms with E-state index in [1.807, 2.05) is 54.6 Å². The Labute approximate surface area is 290 Å². The number of aliphatic carboxylic acids is 1.